The van der Waals surface area contributed by atoms with Crippen molar-refractivity contribution in [1.82, 2.24) is 4.90 Å². The van der Waals surface area contributed by atoms with Crippen LogP contribution in [0.2, 0.25) is 0 Å². The van der Waals surface area contributed by atoms with E-state index in [1.807, 2.05) is 0 Å². The van der Waals surface area contributed by atoms with E-state index >= 15 is 0 Å². The maximum atomic E-state index is 11.8. The van der Waals surface area contributed by atoms with E-state index in [1.165, 1.54) is 25.0 Å². The van der Waals surface area contributed by atoms with Crippen molar-refractivity contribution in [3.05, 3.63) is 35.4 Å². The molecule has 19 heavy (non-hydrogen) atoms. The van der Waals surface area contributed by atoms with Crippen molar-refractivity contribution in [1.29, 1.82) is 0 Å². The first-order chi connectivity index (χ1) is 8.71. The third kappa shape index (κ3) is 4.67. The van der Waals surface area contributed by atoms with Gasteiger partial charge in [0.15, 0.2) is 0 Å². The zero-order valence-corrected chi connectivity index (χ0v) is 12.6. The molecule has 0 bridgehead atoms. The summed E-state index contributed by atoms with van der Waals surface area (Å²) in [5.74, 6) is 0.291. The number of carbonyl (C=O) groups excluding carboxylic acids is 1. The molecule has 0 unspecified atom stereocenters. The Labute approximate surface area is 116 Å². The van der Waals surface area contributed by atoms with Crippen LogP contribution in [0.1, 0.15) is 44.7 Å². The Kier molecular flexibility index (Phi) is 5.12. The van der Waals surface area contributed by atoms with Crippen LogP contribution in [0.15, 0.2) is 24.3 Å². The summed E-state index contributed by atoms with van der Waals surface area (Å²) in [6.07, 6.45) is 0.802. The fraction of sp³-hybridized carbons (Fsp3) is 0.562. The fourth-order valence-electron chi connectivity index (χ4n) is 1.93. The summed E-state index contributed by atoms with van der Waals surface area (Å²) in [4.78, 5) is 13.4. The van der Waals surface area contributed by atoms with E-state index in [1.54, 1.807) is 11.9 Å². The Morgan fingerprint density at radius 3 is 2.21 bits per heavy atom. The van der Waals surface area contributed by atoms with Gasteiger partial charge in [0.1, 0.15) is 5.60 Å². The van der Waals surface area contributed by atoms with Crippen molar-refractivity contribution in [2.75, 3.05) is 13.6 Å². The fourth-order valence-corrected chi connectivity index (χ4v) is 1.93. The second-order valence-corrected chi connectivity index (χ2v) is 5.93. The zero-order chi connectivity index (χ0) is 14.6. The molecular formula is C16H25NO2. The van der Waals surface area contributed by atoms with Crippen LogP contribution in [0, 0.1) is 0 Å². The highest BCUT2D eigenvalue weighted by atomic mass is 16.3. The lowest BCUT2D eigenvalue weighted by Crippen LogP contribution is -2.43. The molecule has 0 atom stereocenters. The van der Waals surface area contributed by atoms with Crippen LogP contribution in [-0.4, -0.2) is 35.1 Å². The van der Waals surface area contributed by atoms with Gasteiger partial charge in [-0.1, -0.05) is 38.1 Å². The molecule has 0 aromatic heterocycles. The molecule has 1 N–H and O–H groups in total. The second kappa shape index (κ2) is 6.20. The van der Waals surface area contributed by atoms with Crippen LogP contribution in [0.5, 0.6) is 0 Å². The van der Waals surface area contributed by atoms with Crippen LogP contribution < -0.4 is 0 Å². The Bertz CT molecular complexity index is 415. The van der Waals surface area contributed by atoms with Gasteiger partial charge in [0.2, 0.25) is 0 Å². The summed E-state index contributed by atoms with van der Waals surface area (Å²) in [6, 6.07) is 8.49. The molecule has 0 fully saturated rings. The molecule has 0 aliphatic rings. The van der Waals surface area contributed by atoms with Gasteiger partial charge in [-0.15, -0.1) is 0 Å². The maximum absolute atomic E-state index is 11.8. The maximum Gasteiger partial charge on any atom is 0.253 e. The molecule has 1 amide bonds. The summed E-state index contributed by atoms with van der Waals surface area (Å²) < 4.78 is 0. The quantitative estimate of drug-likeness (QED) is 0.887. The molecule has 3 nitrogen and oxygen atoms in total. The van der Waals surface area contributed by atoms with E-state index in [2.05, 4.69) is 38.1 Å². The lowest BCUT2D eigenvalue weighted by Gasteiger charge is -2.25. The number of benzene rings is 1. The molecule has 0 spiro atoms. The molecule has 0 radical (unpaired) electrons. The van der Waals surface area contributed by atoms with Crippen molar-refractivity contribution in [2.45, 2.75) is 45.6 Å². The molecule has 3 heteroatoms. The minimum atomic E-state index is -1.30. The summed E-state index contributed by atoms with van der Waals surface area (Å²) in [5.41, 5.74) is 1.24. The predicted octanol–water partition coefficient (Wildman–Crippen LogP) is 2.58. The number of likely N-dealkylation sites (N-methyl/N-ethyl adjacent to an activating group) is 1. The molecule has 0 saturated carbocycles. The number of aliphatic hydroxyl groups is 1. The smallest absolute Gasteiger partial charge is 0.253 e. The van der Waals surface area contributed by atoms with Gasteiger partial charge < -0.3 is 10.0 Å². The van der Waals surface area contributed by atoms with Crippen molar-refractivity contribution < 1.29 is 9.90 Å². The Morgan fingerprint density at radius 2 is 1.79 bits per heavy atom. The third-order valence-electron chi connectivity index (χ3n) is 3.25. The zero-order valence-electron chi connectivity index (χ0n) is 12.6. The molecule has 0 aliphatic carbocycles. The molecule has 0 saturated heterocycles. The number of carbonyl (C=O) groups is 1. The SMILES string of the molecule is CC(C)c1ccc(CCN(C)C(=O)C(C)(C)O)cc1. The molecule has 106 valence electrons. The molecule has 1 aromatic carbocycles. The number of rotatable bonds is 5. The lowest BCUT2D eigenvalue weighted by molar-refractivity contribution is -0.146. The van der Waals surface area contributed by atoms with Gasteiger partial charge in [0.05, 0.1) is 0 Å². The van der Waals surface area contributed by atoms with Crippen LogP contribution in [-0.2, 0) is 11.2 Å². The van der Waals surface area contributed by atoms with E-state index in [4.69, 9.17) is 0 Å². The van der Waals surface area contributed by atoms with Crippen LogP contribution in [0.3, 0.4) is 0 Å². The van der Waals surface area contributed by atoms with Crippen molar-refractivity contribution in [3.8, 4) is 0 Å². The average molecular weight is 263 g/mol. The first-order valence-corrected chi connectivity index (χ1v) is 6.78. The first-order valence-electron chi connectivity index (χ1n) is 6.78. The molecule has 1 rings (SSSR count). The minimum Gasteiger partial charge on any atom is -0.381 e. The Hall–Kier alpha value is -1.35. The van der Waals surface area contributed by atoms with Gasteiger partial charge in [0, 0.05) is 13.6 Å². The number of amides is 1. The molecule has 0 aliphatic heterocycles. The Balaban J connectivity index is 2.55. The number of nitrogens with zero attached hydrogens (tertiary/aromatic N) is 1. The molecule has 1 aromatic rings. The number of hydrogen-bond acceptors (Lipinski definition) is 2. The summed E-state index contributed by atoms with van der Waals surface area (Å²) in [6.45, 7) is 7.99. The van der Waals surface area contributed by atoms with Crippen LogP contribution in [0.25, 0.3) is 0 Å². The van der Waals surface area contributed by atoms with E-state index in [0.717, 1.165) is 6.42 Å². The predicted molar refractivity (Wildman–Crippen MR) is 78.2 cm³/mol. The lowest BCUT2D eigenvalue weighted by atomic mass is 10.0. The molecule has 0 heterocycles. The third-order valence-corrected chi connectivity index (χ3v) is 3.25. The molecular weight excluding hydrogens is 238 g/mol. The standard InChI is InChI=1S/C16H25NO2/c1-12(2)14-8-6-13(7-9-14)10-11-17(5)15(18)16(3,4)19/h6-9,12,19H,10-11H2,1-5H3. The highest BCUT2D eigenvalue weighted by Gasteiger charge is 2.26. The van der Waals surface area contributed by atoms with Gasteiger partial charge in [0.25, 0.3) is 5.91 Å². The average Bonchev–Trinajstić information content (AvgIpc) is 2.34. The van der Waals surface area contributed by atoms with E-state index in [9.17, 15) is 9.90 Å². The summed E-state index contributed by atoms with van der Waals surface area (Å²) in [5, 5.41) is 9.66. The van der Waals surface area contributed by atoms with Gasteiger partial charge in [-0.2, -0.15) is 0 Å². The van der Waals surface area contributed by atoms with E-state index < -0.39 is 5.60 Å². The second-order valence-electron chi connectivity index (χ2n) is 5.93. The van der Waals surface area contributed by atoms with Crippen molar-refractivity contribution in [3.63, 3.8) is 0 Å². The van der Waals surface area contributed by atoms with Crippen molar-refractivity contribution in [2.24, 2.45) is 0 Å². The minimum absolute atomic E-state index is 0.244. The van der Waals surface area contributed by atoms with Crippen molar-refractivity contribution >= 4 is 5.91 Å². The summed E-state index contributed by atoms with van der Waals surface area (Å²) in [7, 11) is 1.72. The Morgan fingerprint density at radius 1 is 1.26 bits per heavy atom. The van der Waals surface area contributed by atoms with Gasteiger partial charge in [-0.3, -0.25) is 4.79 Å². The van der Waals surface area contributed by atoms with Gasteiger partial charge in [-0.25, -0.2) is 0 Å². The van der Waals surface area contributed by atoms with E-state index in [-0.39, 0.29) is 5.91 Å². The summed E-state index contributed by atoms with van der Waals surface area (Å²) >= 11 is 0. The van der Waals surface area contributed by atoms with Gasteiger partial charge >= 0.3 is 0 Å². The highest BCUT2D eigenvalue weighted by molar-refractivity contribution is 5.83. The monoisotopic (exact) mass is 263 g/mol. The first kappa shape index (κ1) is 15.7. The topological polar surface area (TPSA) is 40.5 Å². The normalized spacial score (nSPS) is 11.7. The van der Waals surface area contributed by atoms with Gasteiger partial charge in [-0.05, 0) is 37.3 Å². The highest BCUT2D eigenvalue weighted by Crippen LogP contribution is 2.15. The van der Waals surface area contributed by atoms with Crippen LogP contribution in [0.4, 0.5) is 0 Å². The number of hydrogen-bond donors (Lipinski definition) is 1. The van der Waals surface area contributed by atoms with E-state index in [0.29, 0.717) is 12.5 Å². The van der Waals surface area contributed by atoms with Crippen LogP contribution >= 0.6 is 0 Å². The largest absolute Gasteiger partial charge is 0.381 e.